The van der Waals surface area contributed by atoms with Gasteiger partial charge in [-0.15, -0.1) is 0 Å². The minimum Gasteiger partial charge on any atom is -0.396 e. The lowest BCUT2D eigenvalue weighted by Crippen LogP contribution is -2.10. The molecule has 0 saturated heterocycles. The van der Waals surface area contributed by atoms with Crippen LogP contribution >= 0.6 is 11.6 Å². The van der Waals surface area contributed by atoms with Gasteiger partial charge < -0.3 is 13.8 Å². The second kappa shape index (κ2) is 12.4. The Morgan fingerprint density at radius 2 is 1.64 bits per heavy atom. The summed E-state index contributed by atoms with van der Waals surface area (Å²) in [5, 5.41) is 3.97. The Kier molecular flexibility index (Phi) is 9.30. The second-order valence-electron chi connectivity index (χ2n) is 7.12. The highest BCUT2D eigenvalue weighted by Crippen LogP contribution is 2.25. The lowest BCUT2D eigenvalue weighted by atomic mass is 10.1. The van der Waals surface area contributed by atoms with Crippen LogP contribution in [0.15, 0.2) is 82.8 Å². The van der Waals surface area contributed by atoms with Crippen LogP contribution < -0.4 is 4.18 Å². The molecule has 6 nitrogen and oxygen atoms in total. The van der Waals surface area contributed by atoms with Crippen molar-refractivity contribution in [3.63, 3.8) is 0 Å². The van der Waals surface area contributed by atoms with Crippen molar-refractivity contribution in [2.24, 2.45) is 5.16 Å². The van der Waals surface area contributed by atoms with Crippen LogP contribution in [0.2, 0.25) is 5.02 Å². The van der Waals surface area contributed by atoms with E-state index in [1.54, 1.807) is 36.5 Å². The molecule has 3 rings (SSSR count). The summed E-state index contributed by atoms with van der Waals surface area (Å²) in [7, 11) is -4.01. The van der Waals surface area contributed by atoms with Crippen molar-refractivity contribution < 1.29 is 22.2 Å². The zero-order valence-electron chi connectivity index (χ0n) is 18.3. The van der Waals surface area contributed by atoms with Gasteiger partial charge in [0.05, 0.1) is 24.5 Å². The Hall–Kier alpha value is -2.87. The van der Waals surface area contributed by atoms with Crippen molar-refractivity contribution in [1.29, 1.82) is 0 Å². The van der Waals surface area contributed by atoms with Crippen molar-refractivity contribution in [2.45, 2.75) is 24.7 Å². The molecule has 0 radical (unpaired) electrons. The number of nitrogens with zero attached hydrogens (tertiary/aromatic N) is 1. The van der Waals surface area contributed by atoms with E-state index in [9.17, 15) is 8.42 Å². The normalized spacial score (nSPS) is 11.6. The fourth-order valence-corrected chi connectivity index (χ4v) is 4.42. The molecule has 174 valence electrons. The summed E-state index contributed by atoms with van der Waals surface area (Å²) in [6.07, 6.45) is 3.11. The van der Waals surface area contributed by atoms with Gasteiger partial charge in [0.2, 0.25) is 0 Å². The van der Waals surface area contributed by atoms with Crippen LogP contribution in [-0.4, -0.2) is 34.5 Å². The number of rotatable bonds is 12. The molecular formula is C25H26ClNO5S. The van der Waals surface area contributed by atoms with Crippen LogP contribution in [0.4, 0.5) is 0 Å². The van der Waals surface area contributed by atoms with Gasteiger partial charge in [-0.05, 0) is 60.7 Å². The molecule has 0 amide bonds. The van der Waals surface area contributed by atoms with E-state index in [1.807, 2.05) is 37.3 Å². The molecule has 0 heterocycles. The summed E-state index contributed by atoms with van der Waals surface area (Å²) in [6.45, 7) is 3.53. The minimum atomic E-state index is -4.01. The summed E-state index contributed by atoms with van der Waals surface area (Å²) in [4.78, 5) is 4.90. The molecule has 0 fully saturated rings. The van der Waals surface area contributed by atoms with Gasteiger partial charge in [0.25, 0.3) is 0 Å². The maximum atomic E-state index is 12.5. The summed E-state index contributed by atoms with van der Waals surface area (Å²) in [6, 6.07) is 21.2. The third-order valence-corrected chi connectivity index (χ3v) is 6.41. The van der Waals surface area contributed by atoms with E-state index in [2.05, 4.69) is 5.16 Å². The molecular weight excluding hydrogens is 462 g/mol. The van der Waals surface area contributed by atoms with E-state index < -0.39 is 10.1 Å². The van der Waals surface area contributed by atoms with Gasteiger partial charge in [-0.2, -0.15) is 8.42 Å². The van der Waals surface area contributed by atoms with Crippen LogP contribution in [0.1, 0.15) is 23.6 Å². The first-order valence-electron chi connectivity index (χ1n) is 10.6. The van der Waals surface area contributed by atoms with E-state index in [1.165, 1.54) is 17.7 Å². The first kappa shape index (κ1) is 24.8. The van der Waals surface area contributed by atoms with Gasteiger partial charge in [-0.3, -0.25) is 0 Å². The number of hydrogen-bond acceptors (Lipinski definition) is 6. The molecule has 3 aromatic carbocycles. The van der Waals surface area contributed by atoms with Crippen LogP contribution in [-0.2, 0) is 32.5 Å². The maximum Gasteiger partial charge on any atom is 0.340 e. The topological polar surface area (TPSA) is 74.2 Å². The molecule has 0 atom stereocenters. The van der Waals surface area contributed by atoms with Crippen LogP contribution in [0, 0.1) is 0 Å². The number of hydrogen-bond donors (Lipinski definition) is 0. The van der Waals surface area contributed by atoms with E-state index in [0.717, 1.165) is 17.5 Å². The first-order chi connectivity index (χ1) is 16.0. The average molecular weight is 488 g/mol. The van der Waals surface area contributed by atoms with Gasteiger partial charge in [-0.25, -0.2) is 0 Å². The molecule has 0 saturated carbocycles. The van der Waals surface area contributed by atoms with Crippen molar-refractivity contribution in [1.82, 2.24) is 0 Å². The molecule has 8 heteroatoms. The second-order valence-corrected chi connectivity index (χ2v) is 9.04. The molecule has 0 unspecified atom stereocenters. The van der Waals surface area contributed by atoms with Crippen LogP contribution in [0.25, 0.3) is 0 Å². The maximum absolute atomic E-state index is 12.5. The fraction of sp³-hybridized carbons (Fsp3) is 0.240. The van der Waals surface area contributed by atoms with Crippen molar-refractivity contribution in [3.05, 3.63) is 94.5 Å². The van der Waals surface area contributed by atoms with Gasteiger partial charge in [0.15, 0.2) is 0 Å². The average Bonchev–Trinajstić information content (AvgIpc) is 2.80. The predicted octanol–water partition coefficient (Wildman–Crippen LogP) is 5.28. The van der Waals surface area contributed by atoms with E-state index in [4.69, 9.17) is 25.4 Å². The van der Waals surface area contributed by atoms with E-state index in [0.29, 0.717) is 26.2 Å². The third kappa shape index (κ3) is 7.89. The van der Waals surface area contributed by atoms with Crippen LogP contribution in [0.3, 0.4) is 0 Å². The van der Waals surface area contributed by atoms with Crippen molar-refractivity contribution in [2.75, 3.05) is 19.8 Å². The summed E-state index contributed by atoms with van der Waals surface area (Å²) >= 11 is 6.00. The third-order valence-electron chi connectivity index (χ3n) is 4.67. The highest BCUT2D eigenvalue weighted by Gasteiger charge is 2.19. The Morgan fingerprint density at radius 3 is 2.36 bits per heavy atom. The molecule has 3 aromatic rings. The van der Waals surface area contributed by atoms with Crippen molar-refractivity contribution in [3.8, 4) is 5.75 Å². The number of oxime groups is 1. The lowest BCUT2D eigenvalue weighted by molar-refractivity contribution is 0.140. The van der Waals surface area contributed by atoms with Gasteiger partial charge in [0.1, 0.15) is 17.3 Å². The smallest absolute Gasteiger partial charge is 0.340 e. The SMILES string of the molecule is CCON=Cc1ccc(CCOCCc2cccc(OS(=O)(=O)c3ccccc3Cl)c2)cc1. The van der Waals surface area contributed by atoms with Gasteiger partial charge in [-0.1, -0.05) is 65.3 Å². The van der Waals surface area contributed by atoms with Gasteiger partial charge >= 0.3 is 10.1 Å². The van der Waals surface area contributed by atoms with Crippen molar-refractivity contribution >= 4 is 27.9 Å². The Balaban J connectivity index is 1.45. The summed E-state index contributed by atoms with van der Waals surface area (Å²) in [5.74, 6) is 0.236. The predicted molar refractivity (Wildman–Crippen MR) is 130 cm³/mol. The zero-order valence-corrected chi connectivity index (χ0v) is 19.9. The summed E-state index contributed by atoms with van der Waals surface area (Å²) < 4.78 is 36.0. The minimum absolute atomic E-state index is 0.0602. The molecule has 0 bridgehead atoms. The monoisotopic (exact) mass is 487 g/mol. The fourth-order valence-electron chi connectivity index (χ4n) is 3.00. The Bertz CT molecular complexity index is 1160. The molecule has 0 N–H and O–H groups in total. The quantitative estimate of drug-likeness (QED) is 0.150. The zero-order chi connectivity index (χ0) is 23.5. The lowest BCUT2D eigenvalue weighted by Gasteiger charge is -2.10. The highest BCUT2D eigenvalue weighted by molar-refractivity contribution is 7.87. The number of halogens is 1. The molecule has 0 aromatic heterocycles. The summed E-state index contributed by atoms with van der Waals surface area (Å²) in [5.41, 5.74) is 3.07. The largest absolute Gasteiger partial charge is 0.396 e. The number of benzene rings is 3. The molecule has 0 aliphatic rings. The first-order valence-corrected chi connectivity index (χ1v) is 12.4. The van der Waals surface area contributed by atoms with Gasteiger partial charge in [0, 0.05) is 0 Å². The van der Waals surface area contributed by atoms with E-state index in [-0.39, 0.29) is 15.7 Å². The highest BCUT2D eigenvalue weighted by atomic mass is 35.5. The molecule has 33 heavy (non-hydrogen) atoms. The Morgan fingerprint density at radius 1 is 0.909 bits per heavy atom. The van der Waals surface area contributed by atoms with Crippen LogP contribution in [0.5, 0.6) is 5.75 Å². The molecule has 0 aliphatic carbocycles. The molecule has 0 spiro atoms. The molecule has 0 aliphatic heterocycles. The van der Waals surface area contributed by atoms with E-state index >= 15 is 0 Å². The Labute approximate surface area is 199 Å². The standard InChI is InChI=1S/C25H26ClNO5S/c1-2-31-27-19-22-12-10-20(11-13-22)14-16-30-17-15-21-6-5-7-23(18-21)32-33(28,29)25-9-4-3-8-24(25)26/h3-13,18-19H,2,14-17H2,1H3. The number of ether oxygens (including phenoxy) is 1.